The number of nitrogens with two attached hydrogens (primary N) is 1. The average Bonchev–Trinajstić information content (AvgIpc) is 2.23. The first-order valence-electron chi connectivity index (χ1n) is 7.25. The summed E-state index contributed by atoms with van der Waals surface area (Å²) in [6.07, 6.45) is 6.70. The Hall–Kier alpha value is -0.0800. The predicted molar refractivity (Wildman–Crippen MR) is 74.0 cm³/mol. The summed E-state index contributed by atoms with van der Waals surface area (Å²) in [7, 11) is 0. The third-order valence-electron chi connectivity index (χ3n) is 3.94. The SMILES string of the molecule is CCC(N)C(OC1CCCC(C)C1)C(C)(C)C. The van der Waals surface area contributed by atoms with Crippen molar-refractivity contribution in [3.8, 4) is 0 Å². The highest BCUT2D eigenvalue weighted by Crippen LogP contribution is 2.32. The lowest BCUT2D eigenvalue weighted by atomic mass is 9.82. The van der Waals surface area contributed by atoms with Crippen molar-refractivity contribution in [2.45, 2.75) is 85.0 Å². The lowest BCUT2D eigenvalue weighted by Crippen LogP contribution is -2.47. The van der Waals surface area contributed by atoms with Crippen LogP contribution < -0.4 is 5.73 Å². The second kappa shape index (κ2) is 6.19. The van der Waals surface area contributed by atoms with E-state index in [1.54, 1.807) is 0 Å². The first-order chi connectivity index (χ1) is 7.84. The number of rotatable bonds is 4. The van der Waals surface area contributed by atoms with Crippen LogP contribution in [0.1, 0.15) is 66.7 Å². The molecule has 1 aliphatic rings. The van der Waals surface area contributed by atoms with Crippen LogP contribution in [-0.4, -0.2) is 18.2 Å². The highest BCUT2D eigenvalue weighted by molar-refractivity contribution is 4.85. The fraction of sp³-hybridized carbons (Fsp3) is 1.00. The molecule has 0 radical (unpaired) electrons. The van der Waals surface area contributed by atoms with Gasteiger partial charge in [0.1, 0.15) is 0 Å². The van der Waals surface area contributed by atoms with Crippen molar-refractivity contribution < 1.29 is 4.74 Å². The van der Waals surface area contributed by atoms with E-state index in [1.807, 2.05) is 0 Å². The van der Waals surface area contributed by atoms with Gasteiger partial charge in [-0.05, 0) is 30.6 Å². The Morgan fingerprint density at radius 1 is 1.29 bits per heavy atom. The Balaban J connectivity index is 2.59. The predicted octanol–water partition coefficient (Wildman–Crippen LogP) is 3.73. The maximum Gasteiger partial charge on any atom is 0.0777 e. The zero-order valence-electron chi connectivity index (χ0n) is 12.3. The molecule has 0 aromatic rings. The zero-order valence-corrected chi connectivity index (χ0v) is 12.3. The normalized spacial score (nSPS) is 30.0. The Bertz CT molecular complexity index is 221. The van der Waals surface area contributed by atoms with Crippen LogP contribution in [0.25, 0.3) is 0 Å². The standard InChI is InChI=1S/C15H31NO/c1-6-13(16)14(15(3,4)5)17-12-9-7-8-11(2)10-12/h11-14H,6-10,16H2,1-5H3. The fourth-order valence-electron chi connectivity index (χ4n) is 2.87. The van der Waals surface area contributed by atoms with Crippen LogP contribution in [0.5, 0.6) is 0 Å². The van der Waals surface area contributed by atoms with E-state index in [0.717, 1.165) is 12.3 Å². The molecule has 0 amide bonds. The molecule has 4 unspecified atom stereocenters. The van der Waals surface area contributed by atoms with Crippen molar-refractivity contribution in [2.24, 2.45) is 17.1 Å². The van der Waals surface area contributed by atoms with Gasteiger partial charge in [0.2, 0.25) is 0 Å². The summed E-state index contributed by atoms with van der Waals surface area (Å²) in [6, 6.07) is 0.159. The Kier molecular flexibility index (Phi) is 5.46. The second-order valence-corrected chi connectivity index (χ2v) is 6.89. The van der Waals surface area contributed by atoms with E-state index >= 15 is 0 Å². The minimum atomic E-state index is 0.135. The number of hydrogen-bond donors (Lipinski definition) is 1. The van der Waals surface area contributed by atoms with Gasteiger partial charge in [-0.15, -0.1) is 0 Å². The van der Waals surface area contributed by atoms with Crippen molar-refractivity contribution in [3.63, 3.8) is 0 Å². The molecule has 0 bridgehead atoms. The van der Waals surface area contributed by atoms with Gasteiger partial charge in [-0.3, -0.25) is 0 Å². The molecule has 1 rings (SSSR count). The summed E-state index contributed by atoms with van der Waals surface area (Å²) in [5.74, 6) is 0.812. The molecular weight excluding hydrogens is 210 g/mol. The van der Waals surface area contributed by atoms with Gasteiger partial charge in [0.15, 0.2) is 0 Å². The molecule has 17 heavy (non-hydrogen) atoms. The van der Waals surface area contributed by atoms with Gasteiger partial charge < -0.3 is 10.5 Å². The fourth-order valence-corrected chi connectivity index (χ4v) is 2.87. The Morgan fingerprint density at radius 3 is 2.41 bits per heavy atom. The molecule has 4 atom stereocenters. The van der Waals surface area contributed by atoms with E-state index in [2.05, 4.69) is 34.6 Å². The van der Waals surface area contributed by atoms with Crippen molar-refractivity contribution >= 4 is 0 Å². The quantitative estimate of drug-likeness (QED) is 0.814. The summed E-state index contributed by atoms with van der Waals surface area (Å²) in [5, 5.41) is 0. The van der Waals surface area contributed by atoms with Crippen LogP contribution in [0.15, 0.2) is 0 Å². The monoisotopic (exact) mass is 241 g/mol. The van der Waals surface area contributed by atoms with Crippen LogP contribution in [0.4, 0.5) is 0 Å². The summed E-state index contributed by atoms with van der Waals surface area (Å²) in [4.78, 5) is 0. The van der Waals surface area contributed by atoms with Crippen LogP contribution >= 0.6 is 0 Å². The molecular formula is C15H31NO. The molecule has 1 aliphatic carbocycles. The van der Waals surface area contributed by atoms with Gasteiger partial charge in [0, 0.05) is 6.04 Å². The summed E-state index contributed by atoms with van der Waals surface area (Å²) >= 11 is 0. The third-order valence-corrected chi connectivity index (χ3v) is 3.94. The second-order valence-electron chi connectivity index (χ2n) is 6.89. The van der Waals surface area contributed by atoms with E-state index in [9.17, 15) is 0 Å². The molecule has 102 valence electrons. The van der Waals surface area contributed by atoms with Gasteiger partial charge >= 0.3 is 0 Å². The van der Waals surface area contributed by atoms with Gasteiger partial charge in [-0.2, -0.15) is 0 Å². The van der Waals surface area contributed by atoms with E-state index in [4.69, 9.17) is 10.5 Å². The Labute approximate surface area is 107 Å². The average molecular weight is 241 g/mol. The van der Waals surface area contributed by atoms with Crippen LogP contribution in [0.2, 0.25) is 0 Å². The highest BCUT2D eigenvalue weighted by atomic mass is 16.5. The van der Waals surface area contributed by atoms with Gasteiger partial charge in [-0.1, -0.05) is 47.5 Å². The lowest BCUT2D eigenvalue weighted by Gasteiger charge is -2.39. The van der Waals surface area contributed by atoms with Gasteiger partial charge in [-0.25, -0.2) is 0 Å². The molecule has 1 saturated carbocycles. The minimum absolute atomic E-state index is 0.135. The molecule has 0 heterocycles. The number of hydrogen-bond acceptors (Lipinski definition) is 2. The van der Waals surface area contributed by atoms with Crippen molar-refractivity contribution in [1.29, 1.82) is 0 Å². The summed E-state index contributed by atoms with van der Waals surface area (Å²) < 4.78 is 6.35. The molecule has 0 spiro atoms. The molecule has 0 aromatic carbocycles. The van der Waals surface area contributed by atoms with Gasteiger partial charge in [0.25, 0.3) is 0 Å². The maximum atomic E-state index is 6.35. The first-order valence-corrected chi connectivity index (χ1v) is 7.25. The van der Waals surface area contributed by atoms with Gasteiger partial charge in [0.05, 0.1) is 12.2 Å². The van der Waals surface area contributed by atoms with E-state index in [1.165, 1.54) is 25.7 Å². The molecule has 2 N–H and O–H groups in total. The summed E-state index contributed by atoms with van der Waals surface area (Å²) in [5.41, 5.74) is 6.37. The topological polar surface area (TPSA) is 35.2 Å². The highest BCUT2D eigenvalue weighted by Gasteiger charge is 2.33. The maximum absolute atomic E-state index is 6.35. The molecule has 0 aliphatic heterocycles. The molecule has 2 nitrogen and oxygen atoms in total. The minimum Gasteiger partial charge on any atom is -0.373 e. The van der Waals surface area contributed by atoms with Crippen molar-refractivity contribution in [1.82, 2.24) is 0 Å². The molecule has 1 fully saturated rings. The molecule has 2 heteroatoms. The first kappa shape index (κ1) is 15.0. The van der Waals surface area contributed by atoms with Crippen molar-refractivity contribution in [3.05, 3.63) is 0 Å². The molecule has 0 aromatic heterocycles. The van der Waals surface area contributed by atoms with Crippen LogP contribution in [0, 0.1) is 11.3 Å². The Morgan fingerprint density at radius 2 is 1.94 bits per heavy atom. The van der Waals surface area contributed by atoms with E-state index in [-0.39, 0.29) is 17.6 Å². The largest absolute Gasteiger partial charge is 0.373 e. The lowest BCUT2D eigenvalue weighted by molar-refractivity contribution is -0.0957. The third kappa shape index (κ3) is 4.59. The van der Waals surface area contributed by atoms with Crippen molar-refractivity contribution in [2.75, 3.05) is 0 Å². The van der Waals surface area contributed by atoms with E-state index in [0.29, 0.717) is 6.10 Å². The molecule has 0 saturated heterocycles. The van der Waals surface area contributed by atoms with Crippen LogP contribution in [-0.2, 0) is 4.74 Å². The zero-order chi connectivity index (χ0) is 13.1. The summed E-state index contributed by atoms with van der Waals surface area (Å²) in [6.45, 7) is 11.2. The smallest absolute Gasteiger partial charge is 0.0777 e. The number of ether oxygens (including phenoxy) is 1. The van der Waals surface area contributed by atoms with Crippen LogP contribution in [0.3, 0.4) is 0 Å². The van der Waals surface area contributed by atoms with E-state index < -0.39 is 0 Å².